The largest absolute Gasteiger partial charge is 0.355 e. The highest BCUT2D eigenvalue weighted by Gasteiger charge is 2.18. The van der Waals surface area contributed by atoms with E-state index in [0.29, 0.717) is 36.1 Å². The summed E-state index contributed by atoms with van der Waals surface area (Å²) in [5.74, 6) is -0.495. The molecule has 0 saturated heterocycles. The van der Waals surface area contributed by atoms with E-state index in [1.165, 1.54) is 9.47 Å². The van der Waals surface area contributed by atoms with Crippen LogP contribution in [-0.4, -0.2) is 45.9 Å². The number of rotatable bonds is 7. The van der Waals surface area contributed by atoms with Crippen LogP contribution in [0.1, 0.15) is 24.2 Å². The van der Waals surface area contributed by atoms with Crippen LogP contribution in [0.3, 0.4) is 0 Å². The van der Waals surface area contributed by atoms with E-state index in [2.05, 4.69) is 16.9 Å². The van der Waals surface area contributed by atoms with Crippen LogP contribution >= 0.6 is 12.2 Å². The smallest absolute Gasteiger partial charge is 0.262 e. The molecule has 0 radical (unpaired) electrons. The highest BCUT2D eigenvalue weighted by Crippen LogP contribution is 2.13. The molecule has 2 amide bonds. The minimum absolute atomic E-state index is 0.0157. The summed E-state index contributed by atoms with van der Waals surface area (Å²) in [6.45, 7) is 8.44. The van der Waals surface area contributed by atoms with Crippen LogP contribution in [-0.2, 0) is 11.3 Å². The molecule has 0 saturated carbocycles. The fourth-order valence-corrected chi connectivity index (χ4v) is 2.89. The molecular formula is C18H22N4O3S. The Bertz CT molecular complexity index is 961. The zero-order chi connectivity index (χ0) is 19.3. The molecule has 0 atom stereocenters. The number of benzene rings is 1. The molecule has 0 fully saturated rings. The zero-order valence-corrected chi connectivity index (χ0v) is 15.7. The van der Waals surface area contributed by atoms with Gasteiger partial charge in [0.15, 0.2) is 4.77 Å². The van der Waals surface area contributed by atoms with Crippen LogP contribution in [0.25, 0.3) is 10.9 Å². The van der Waals surface area contributed by atoms with E-state index in [0.717, 1.165) is 0 Å². The lowest BCUT2D eigenvalue weighted by Gasteiger charge is -2.20. The fourth-order valence-electron chi connectivity index (χ4n) is 2.62. The van der Waals surface area contributed by atoms with Gasteiger partial charge in [-0.05, 0) is 44.3 Å². The third-order valence-electron chi connectivity index (χ3n) is 3.92. The van der Waals surface area contributed by atoms with E-state index in [1.807, 2.05) is 6.92 Å². The van der Waals surface area contributed by atoms with Gasteiger partial charge in [0.05, 0.1) is 17.4 Å². The van der Waals surface area contributed by atoms with Crippen molar-refractivity contribution >= 4 is 34.9 Å². The van der Waals surface area contributed by atoms with E-state index in [4.69, 9.17) is 12.2 Å². The van der Waals surface area contributed by atoms with Crippen molar-refractivity contribution in [2.45, 2.75) is 20.4 Å². The van der Waals surface area contributed by atoms with Crippen molar-refractivity contribution in [3.05, 3.63) is 51.5 Å². The molecule has 1 aromatic heterocycles. The van der Waals surface area contributed by atoms with Crippen LogP contribution in [0.5, 0.6) is 0 Å². The number of aromatic nitrogens is 2. The Morgan fingerprint density at radius 3 is 2.73 bits per heavy atom. The number of carbonyl (C=O) groups is 2. The van der Waals surface area contributed by atoms with Gasteiger partial charge in [-0.15, -0.1) is 6.58 Å². The van der Waals surface area contributed by atoms with Gasteiger partial charge in [0.25, 0.3) is 11.5 Å². The molecule has 26 heavy (non-hydrogen) atoms. The normalized spacial score (nSPS) is 10.5. The summed E-state index contributed by atoms with van der Waals surface area (Å²) in [6.07, 6.45) is 1.59. The number of H-pyrrole nitrogens is 1. The van der Waals surface area contributed by atoms with Crippen LogP contribution in [0, 0.1) is 4.77 Å². The molecule has 138 valence electrons. The number of fused-ring (bicyclic) bond motifs is 1. The summed E-state index contributed by atoms with van der Waals surface area (Å²) < 4.78 is 1.67. The lowest BCUT2D eigenvalue weighted by atomic mass is 10.1. The van der Waals surface area contributed by atoms with Crippen LogP contribution in [0.2, 0.25) is 0 Å². The van der Waals surface area contributed by atoms with Crippen LogP contribution in [0.15, 0.2) is 35.6 Å². The minimum atomic E-state index is -0.282. The number of allylic oxidation sites excluding steroid dienone is 1. The second-order valence-electron chi connectivity index (χ2n) is 5.67. The lowest BCUT2D eigenvalue weighted by Crippen LogP contribution is -2.40. The van der Waals surface area contributed by atoms with Crippen molar-refractivity contribution < 1.29 is 9.59 Å². The van der Waals surface area contributed by atoms with Gasteiger partial charge in [-0.3, -0.25) is 19.0 Å². The van der Waals surface area contributed by atoms with E-state index in [1.54, 1.807) is 31.2 Å². The third-order valence-corrected chi connectivity index (χ3v) is 4.24. The third kappa shape index (κ3) is 4.08. The number of likely N-dealkylation sites (N-methyl/N-ethyl adjacent to an activating group) is 2. The van der Waals surface area contributed by atoms with Gasteiger partial charge in [0, 0.05) is 25.2 Å². The second kappa shape index (κ2) is 8.57. The average molecular weight is 374 g/mol. The van der Waals surface area contributed by atoms with Crippen molar-refractivity contribution in [2.24, 2.45) is 0 Å². The Kier molecular flexibility index (Phi) is 6.46. The summed E-state index contributed by atoms with van der Waals surface area (Å²) in [6, 6.07) is 4.77. The second-order valence-corrected chi connectivity index (χ2v) is 6.05. The minimum Gasteiger partial charge on any atom is -0.355 e. The number of nitrogens with zero attached hydrogens (tertiary/aromatic N) is 2. The molecular weight excluding hydrogens is 352 g/mol. The highest BCUT2D eigenvalue weighted by molar-refractivity contribution is 7.71. The molecule has 1 aromatic carbocycles. The van der Waals surface area contributed by atoms with Crippen molar-refractivity contribution in [3.8, 4) is 0 Å². The zero-order valence-electron chi connectivity index (χ0n) is 14.9. The van der Waals surface area contributed by atoms with Gasteiger partial charge in [0.2, 0.25) is 5.91 Å². The highest BCUT2D eigenvalue weighted by atomic mass is 32.1. The number of aromatic amines is 1. The predicted octanol–water partition coefficient (Wildman–Crippen LogP) is 1.84. The number of carbonyl (C=O) groups excluding carboxylic acids is 2. The van der Waals surface area contributed by atoms with Gasteiger partial charge in [-0.1, -0.05) is 6.08 Å². The number of amides is 2. The number of nitrogens with one attached hydrogen (secondary N) is 2. The summed E-state index contributed by atoms with van der Waals surface area (Å²) in [5, 5.41) is 3.11. The van der Waals surface area contributed by atoms with Gasteiger partial charge in [0.1, 0.15) is 0 Å². The molecule has 8 heteroatoms. The Balaban J connectivity index is 2.41. The summed E-state index contributed by atoms with van der Waals surface area (Å²) >= 11 is 5.21. The molecule has 2 aromatic rings. The first-order valence-electron chi connectivity index (χ1n) is 8.36. The van der Waals surface area contributed by atoms with E-state index in [-0.39, 0.29) is 28.7 Å². The molecule has 0 aliphatic heterocycles. The van der Waals surface area contributed by atoms with Crippen molar-refractivity contribution in [2.75, 3.05) is 19.6 Å². The standard InChI is InChI=1S/C18H22N4O3S/c1-4-9-22-17(25)13-8-7-12(10-14(13)20-18(22)26)16(24)21(6-3)11-15(23)19-5-2/h4,7-8,10H,1,5-6,9,11H2,2-3H3,(H,19,23)(H,20,26). The van der Waals surface area contributed by atoms with Crippen molar-refractivity contribution in [3.63, 3.8) is 0 Å². The molecule has 0 spiro atoms. The molecule has 2 N–H and O–H groups in total. The Labute approximate surface area is 156 Å². The molecule has 1 heterocycles. The van der Waals surface area contributed by atoms with E-state index >= 15 is 0 Å². The Hall–Kier alpha value is -2.74. The molecule has 2 rings (SSSR count). The molecule has 0 aliphatic carbocycles. The first-order valence-corrected chi connectivity index (χ1v) is 8.77. The van der Waals surface area contributed by atoms with Gasteiger partial charge < -0.3 is 15.2 Å². The van der Waals surface area contributed by atoms with Gasteiger partial charge in [-0.25, -0.2) is 0 Å². The van der Waals surface area contributed by atoms with Crippen molar-refractivity contribution in [1.29, 1.82) is 0 Å². The monoisotopic (exact) mass is 374 g/mol. The molecule has 7 nitrogen and oxygen atoms in total. The summed E-state index contributed by atoms with van der Waals surface area (Å²) in [5.41, 5.74) is 0.632. The topological polar surface area (TPSA) is 87.2 Å². The van der Waals surface area contributed by atoms with Crippen molar-refractivity contribution in [1.82, 2.24) is 19.8 Å². The maximum Gasteiger partial charge on any atom is 0.262 e. The lowest BCUT2D eigenvalue weighted by molar-refractivity contribution is -0.121. The van der Waals surface area contributed by atoms with Gasteiger partial charge >= 0.3 is 0 Å². The van der Waals surface area contributed by atoms with E-state index in [9.17, 15) is 14.4 Å². The first-order chi connectivity index (χ1) is 12.4. The molecule has 0 bridgehead atoms. The van der Waals surface area contributed by atoms with E-state index < -0.39 is 0 Å². The average Bonchev–Trinajstić information content (AvgIpc) is 2.62. The maximum absolute atomic E-state index is 12.7. The van der Waals surface area contributed by atoms with Crippen LogP contribution in [0.4, 0.5) is 0 Å². The predicted molar refractivity (Wildman–Crippen MR) is 104 cm³/mol. The number of hydrogen-bond donors (Lipinski definition) is 2. The number of hydrogen-bond acceptors (Lipinski definition) is 4. The van der Waals surface area contributed by atoms with Gasteiger partial charge in [-0.2, -0.15) is 0 Å². The summed E-state index contributed by atoms with van der Waals surface area (Å²) in [4.78, 5) is 41.4. The Morgan fingerprint density at radius 1 is 1.38 bits per heavy atom. The fraction of sp³-hybridized carbons (Fsp3) is 0.333. The quantitative estimate of drug-likeness (QED) is 0.572. The summed E-state index contributed by atoms with van der Waals surface area (Å²) in [7, 11) is 0. The molecule has 0 aliphatic rings. The SMILES string of the molecule is C=CCn1c(=S)[nH]c2cc(C(=O)N(CC)CC(=O)NCC)ccc2c1=O. The van der Waals surface area contributed by atoms with Crippen LogP contribution < -0.4 is 10.9 Å². The first kappa shape index (κ1) is 19.6. The maximum atomic E-state index is 12.7. The Morgan fingerprint density at radius 2 is 2.12 bits per heavy atom. The molecule has 0 unspecified atom stereocenters.